The maximum Gasteiger partial charge on any atom is 0.338 e. The minimum absolute atomic E-state index is 0.273. The van der Waals surface area contributed by atoms with Gasteiger partial charge in [0.05, 0.1) is 26.9 Å². The fraction of sp³-hybridized carbons (Fsp3) is 0.308. The Bertz CT molecular complexity index is 471. The lowest BCUT2D eigenvalue weighted by Gasteiger charge is -2.10. The predicted molar refractivity (Wildman–Crippen MR) is 64.8 cm³/mol. The van der Waals surface area contributed by atoms with Crippen molar-refractivity contribution in [3.8, 4) is 23.3 Å². The summed E-state index contributed by atoms with van der Waals surface area (Å²) in [4.78, 5) is 11.5. The Hall–Kier alpha value is -2.19. The van der Waals surface area contributed by atoms with Crippen LogP contribution < -0.4 is 9.47 Å². The lowest BCUT2D eigenvalue weighted by Crippen LogP contribution is -2.04. The number of hydrogen-bond acceptors (Lipinski definition) is 5. The van der Waals surface area contributed by atoms with Crippen molar-refractivity contribution in [1.29, 1.82) is 0 Å². The highest BCUT2D eigenvalue weighted by Gasteiger charge is 2.15. The molecule has 0 aliphatic rings. The monoisotopic (exact) mass is 250 g/mol. The Morgan fingerprint density at radius 3 is 2.17 bits per heavy atom. The lowest BCUT2D eigenvalue weighted by molar-refractivity contribution is 0.0600. The van der Waals surface area contributed by atoms with Crippen LogP contribution in [-0.4, -0.2) is 39.0 Å². The molecule has 0 saturated carbocycles. The standard InChI is InChI=1S/C13H14O5/c1-16-11-7-9(13(15)18-3)8-12(17-2)10(11)5-4-6-14/h7-8,14H,6H2,1-3H3. The first-order valence-electron chi connectivity index (χ1n) is 5.12. The van der Waals surface area contributed by atoms with Gasteiger partial charge in [-0.2, -0.15) is 0 Å². The number of ether oxygens (including phenoxy) is 3. The molecule has 0 atom stereocenters. The SMILES string of the molecule is COC(=O)c1cc(OC)c(C#CCO)c(OC)c1. The molecule has 0 fully saturated rings. The molecule has 0 aliphatic carbocycles. The summed E-state index contributed by atoms with van der Waals surface area (Å²) in [6.45, 7) is -0.273. The van der Waals surface area contributed by atoms with Crippen molar-refractivity contribution < 1.29 is 24.1 Å². The van der Waals surface area contributed by atoms with Gasteiger partial charge in [-0.25, -0.2) is 4.79 Å². The fourth-order valence-electron chi connectivity index (χ4n) is 1.40. The normalized spacial score (nSPS) is 9.11. The van der Waals surface area contributed by atoms with E-state index in [1.165, 1.54) is 33.5 Å². The van der Waals surface area contributed by atoms with Crippen LogP contribution in [-0.2, 0) is 4.74 Å². The van der Waals surface area contributed by atoms with Crippen molar-refractivity contribution in [2.75, 3.05) is 27.9 Å². The Morgan fingerprint density at radius 1 is 1.22 bits per heavy atom. The molecule has 1 aromatic carbocycles. The van der Waals surface area contributed by atoms with E-state index in [2.05, 4.69) is 16.6 Å². The summed E-state index contributed by atoms with van der Waals surface area (Å²) in [7, 11) is 4.21. The van der Waals surface area contributed by atoms with E-state index >= 15 is 0 Å². The Balaban J connectivity index is 3.38. The van der Waals surface area contributed by atoms with Crippen LogP contribution in [0.3, 0.4) is 0 Å². The molecule has 1 N–H and O–H groups in total. The Labute approximate surface area is 105 Å². The predicted octanol–water partition coefficient (Wildman–Crippen LogP) is 0.834. The molecule has 0 aromatic heterocycles. The first kappa shape index (κ1) is 13.9. The van der Waals surface area contributed by atoms with Gasteiger partial charge >= 0.3 is 5.97 Å². The minimum atomic E-state index is -0.492. The third-order valence-electron chi connectivity index (χ3n) is 2.22. The highest BCUT2D eigenvalue weighted by atomic mass is 16.5. The average Bonchev–Trinajstić information content (AvgIpc) is 2.43. The maximum atomic E-state index is 11.5. The summed E-state index contributed by atoms with van der Waals surface area (Å²) in [6.07, 6.45) is 0. The van der Waals surface area contributed by atoms with Crippen LogP contribution in [0, 0.1) is 11.8 Å². The zero-order valence-electron chi connectivity index (χ0n) is 10.4. The summed E-state index contributed by atoms with van der Waals surface area (Å²) >= 11 is 0. The van der Waals surface area contributed by atoms with Crippen molar-refractivity contribution >= 4 is 5.97 Å². The second-order valence-electron chi connectivity index (χ2n) is 3.21. The number of aliphatic hydroxyl groups is 1. The summed E-state index contributed by atoms with van der Waals surface area (Å²) in [5, 5.41) is 8.71. The number of rotatable bonds is 3. The quantitative estimate of drug-likeness (QED) is 0.636. The molecule has 0 aliphatic heterocycles. The van der Waals surface area contributed by atoms with E-state index in [-0.39, 0.29) is 6.61 Å². The van der Waals surface area contributed by atoms with E-state index in [0.29, 0.717) is 22.6 Å². The minimum Gasteiger partial charge on any atom is -0.495 e. The van der Waals surface area contributed by atoms with Crippen molar-refractivity contribution in [3.05, 3.63) is 23.3 Å². The molecule has 1 rings (SSSR count). The van der Waals surface area contributed by atoms with Crippen LogP contribution >= 0.6 is 0 Å². The molecule has 0 saturated heterocycles. The van der Waals surface area contributed by atoms with Crippen LogP contribution in [0.25, 0.3) is 0 Å². The smallest absolute Gasteiger partial charge is 0.338 e. The fourth-order valence-corrected chi connectivity index (χ4v) is 1.40. The molecule has 0 heterocycles. The van der Waals surface area contributed by atoms with Gasteiger partial charge in [-0.15, -0.1) is 0 Å². The van der Waals surface area contributed by atoms with Crippen LogP contribution in [0.1, 0.15) is 15.9 Å². The van der Waals surface area contributed by atoms with Gasteiger partial charge in [0.15, 0.2) is 0 Å². The third kappa shape index (κ3) is 2.93. The Kier molecular flexibility index (Phi) is 5.03. The van der Waals surface area contributed by atoms with Gasteiger partial charge in [-0.05, 0) is 12.1 Å². The number of esters is 1. The zero-order chi connectivity index (χ0) is 13.5. The van der Waals surface area contributed by atoms with Gasteiger partial charge in [-0.3, -0.25) is 0 Å². The number of carbonyl (C=O) groups is 1. The van der Waals surface area contributed by atoms with E-state index < -0.39 is 5.97 Å². The summed E-state index contributed by atoms with van der Waals surface area (Å²) in [6, 6.07) is 3.02. The zero-order valence-corrected chi connectivity index (χ0v) is 10.4. The third-order valence-corrected chi connectivity index (χ3v) is 2.22. The first-order chi connectivity index (χ1) is 8.67. The number of carbonyl (C=O) groups excluding carboxylic acids is 1. The van der Waals surface area contributed by atoms with Gasteiger partial charge in [0, 0.05) is 0 Å². The van der Waals surface area contributed by atoms with Crippen molar-refractivity contribution in [3.63, 3.8) is 0 Å². The molecule has 0 bridgehead atoms. The van der Waals surface area contributed by atoms with Gasteiger partial charge in [-0.1, -0.05) is 11.8 Å². The molecule has 0 spiro atoms. The molecular weight excluding hydrogens is 236 g/mol. The second kappa shape index (κ2) is 6.52. The largest absolute Gasteiger partial charge is 0.495 e. The number of aliphatic hydroxyl groups excluding tert-OH is 1. The highest BCUT2D eigenvalue weighted by molar-refractivity contribution is 5.91. The van der Waals surface area contributed by atoms with Crippen LogP contribution in [0.4, 0.5) is 0 Å². The second-order valence-corrected chi connectivity index (χ2v) is 3.21. The highest BCUT2D eigenvalue weighted by Crippen LogP contribution is 2.30. The van der Waals surface area contributed by atoms with E-state index in [4.69, 9.17) is 14.6 Å². The molecular formula is C13H14O5. The molecule has 18 heavy (non-hydrogen) atoms. The molecule has 96 valence electrons. The summed E-state index contributed by atoms with van der Waals surface area (Å²) in [5.74, 6) is 5.50. The number of hydrogen-bond donors (Lipinski definition) is 1. The van der Waals surface area contributed by atoms with E-state index in [1.807, 2.05) is 0 Å². The van der Waals surface area contributed by atoms with Gasteiger partial charge in [0.2, 0.25) is 0 Å². The summed E-state index contributed by atoms with van der Waals surface area (Å²) in [5.41, 5.74) is 0.780. The van der Waals surface area contributed by atoms with Crippen molar-refractivity contribution in [2.24, 2.45) is 0 Å². The number of benzene rings is 1. The van der Waals surface area contributed by atoms with Crippen LogP contribution in [0.2, 0.25) is 0 Å². The Morgan fingerprint density at radius 2 is 1.78 bits per heavy atom. The molecule has 0 amide bonds. The lowest BCUT2D eigenvalue weighted by atomic mass is 10.1. The molecule has 0 unspecified atom stereocenters. The topological polar surface area (TPSA) is 65.0 Å². The first-order valence-corrected chi connectivity index (χ1v) is 5.12. The van der Waals surface area contributed by atoms with Gasteiger partial charge in [0.25, 0.3) is 0 Å². The molecule has 1 aromatic rings. The van der Waals surface area contributed by atoms with E-state index in [9.17, 15) is 4.79 Å². The van der Waals surface area contributed by atoms with Gasteiger partial charge < -0.3 is 19.3 Å². The molecule has 5 nitrogen and oxygen atoms in total. The molecule has 0 radical (unpaired) electrons. The van der Waals surface area contributed by atoms with E-state index in [1.54, 1.807) is 0 Å². The van der Waals surface area contributed by atoms with Crippen LogP contribution in [0.5, 0.6) is 11.5 Å². The van der Waals surface area contributed by atoms with Crippen molar-refractivity contribution in [2.45, 2.75) is 0 Å². The van der Waals surface area contributed by atoms with E-state index in [0.717, 1.165) is 0 Å². The average molecular weight is 250 g/mol. The van der Waals surface area contributed by atoms with Gasteiger partial charge in [0.1, 0.15) is 23.7 Å². The number of methoxy groups -OCH3 is 3. The van der Waals surface area contributed by atoms with Crippen molar-refractivity contribution in [1.82, 2.24) is 0 Å². The summed E-state index contributed by atoms with van der Waals surface area (Å²) < 4.78 is 14.9. The van der Waals surface area contributed by atoms with Crippen LogP contribution in [0.15, 0.2) is 12.1 Å². The molecule has 5 heteroatoms. The maximum absolute atomic E-state index is 11.5.